The van der Waals surface area contributed by atoms with Crippen LogP contribution in [0.4, 0.5) is 10.1 Å². The number of nitrogens with zero attached hydrogens (tertiary/aromatic N) is 2. The molecule has 0 amide bonds. The van der Waals surface area contributed by atoms with Crippen LogP contribution in [-0.4, -0.2) is 54.1 Å². The fourth-order valence-corrected chi connectivity index (χ4v) is 4.39. The van der Waals surface area contributed by atoms with Crippen LogP contribution in [0.25, 0.3) is 10.9 Å². The zero-order valence-electron chi connectivity index (χ0n) is 15.2. The second-order valence-corrected chi connectivity index (χ2v) is 7.63. The van der Waals surface area contributed by atoms with E-state index in [0.29, 0.717) is 18.7 Å². The molecule has 3 aliphatic rings. The fourth-order valence-electron chi connectivity index (χ4n) is 4.39. The number of halogens is 1. The van der Waals surface area contributed by atoms with Gasteiger partial charge in [-0.1, -0.05) is 0 Å². The molecule has 0 radical (unpaired) electrons. The highest BCUT2D eigenvalue weighted by Gasteiger charge is 2.49. The number of benzene rings is 1. The van der Waals surface area contributed by atoms with Crippen molar-refractivity contribution in [2.75, 3.05) is 25.2 Å². The van der Waals surface area contributed by atoms with Gasteiger partial charge in [-0.15, -0.1) is 0 Å². The van der Waals surface area contributed by atoms with Crippen LogP contribution in [-0.2, 0) is 4.74 Å². The molecule has 3 heterocycles. The highest BCUT2D eigenvalue weighted by atomic mass is 19.1. The Morgan fingerprint density at radius 2 is 2.18 bits per heavy atom. The summed E-state index contributed by atoms with van der Waals surface area (Å²) < 4.78 is 28.1. The van der Waals surface area contributed by atoms with E-state index in [2.05, 4.69) is 0 Å². The third-order valence-corrected chi connectivity index (χ3v) is 5.93. The molecule has 9 heteroatoms. The first-order valence-corrected chi connectivity index (χ1v) is 9.24. The predicted molar refractivity (Wildman–Crippen MR) is 98.8 cm³/mol. The minimum atomic E-state index is -1.33. The molecular weight excluding hydrogens is 369 g/mol. The number of carbonyl (C=O) groups is 1. The summed E-state index contributed by atoms with van der Waals surface area (Å²) in [5, 5.41) is 9.41. The molecule has 0 bridgehead atoms. The Hall–Kier alpha value is -2.65. The largest absolute Gasteiger partial charge is 0.492 e. The summed E-state index contributed by atoms with van der Waals surface area (Å²) in [6, 6.07) is 0.905. The number of aromatic nitrogens is 1. The van der Waals surface area contributed by atoms with Gasteiger partial charge in [-0.2, -0.15) is 0 Å². The van der Waals surface area contributed by atoms with Crippen molar-refractivity contribution < 1.29 is 23.8 Å². The molecule has 3 fully saturated rings. The fraction of sp³-hybridized carbons (Fsp3) is 0.474. The van der Waals surface area contributed by atoms with Crippen molar-refractivity contribution in [3.63, 3.8) is 0 Å². The first-order valence-electron chi connectivity index (χ1n) is 9.24. The third-order valence-electron chi connectivity index (χ3n) is 5.93. The van der Waals surface area contributed by atoms with E-state index < -0.39 is 17.2 Å². The van der Waals surface area contributed by atoms with E-state index in [1.54, 1.807) is 4.57 Å². The molecule has 1 aliphatic carbocycles. The maximum atomic E-state index is 15.2. The molecular formula is C19H20FN3O5. The van der Waals surface area contributed by atoms with Gasteiger partial charge in [0.2, 0.25) is 5.43 Å². The van der Waals surface area contributed by atoms with E-state index in [9.17, 15) is 14.7 Å². The van der Waals surface area contributed by atoms with Gasteiger partial charge in [0.15, 0.2) is 11.6 Å². The predicted octanol–water partition coefficient (Wildman–Crippen LogP) is 1.10. The summed E-state index contributed by atoms with van der Waals surface area (Å²) in [6.45, 7) is 0.862. The van der Waals surface area contributed by atoms with E-state index >= 15 is 4.39 Å². The highest BCUT2D eigenvalue weighted by molar-refractivity contribution is 5.97. The van der Waals surface area contributed by atoms with Crippen LogP contribution in [0, 0.1) is 5.82 Å². The normalized spacial score (nSPS) is 26.2. The van der Waals surface area contributed by atoms with Crippen LogP contribution in [0.1, 0.15) is 29.2 Å². The third kappa shape index (κ3) is 2.29. The number of aromatic carboxylic acids is 1. The van der Waals surface area contributed by atoms with Gasteiger partial charge in [0.25, 0.3) is 0 Å². The average Bonchev–Trinajstić information content (AvgIpc) is 3.41. The lowest BCUT2D eigenvalue weighted by Gasteiger charge is -2.38. The number of rotatable bonds is 4. The molecule has 1 aromatic heterocycles. The summed E-state index contributed by atoms with van der Waals surface area (Å²) in [7, 11) is 1.43. The van der Waals surface area contributed by atoms with Gasteiger partial charge in [-0.25, -0.2) is 9.18 Å². The van der Waals surface area contributed by atoms with Crippen LogP contribution >= 0.6 is 0 Å². The maximum absolute atomic E-state index is 15.2. The van der Waals surface area contributed by atoms with Gasteiger partial charge < -0.3 is 29.8 Å². The van der Waals surface area contributed by atoms with Crippen molar-refractivity contribution in [3.8, 4) is 5.75 Å². The molecule has 3 N–H and O–H groups in total. The molecule has 1 saturated carbocycles. The smallest absolute Gasteiger partial charge is 0.341 e. The number of carboxylic acids is 1. The van der Waals surface area contributed by atoms with Crippen LogP contribution in [0.5, 0.6) is 5.75 Å². The summed E-state index contributed by atoms with van der Waals surface area (Å²) in [6.07, 6.45) is 2.92. The number of pyridine rings is 1. The number of anilines is 1. The standard InChI is InChI=1S/C19H20FN3O5/c1-27-18-14-9(16(24)10(19(25)26)5-22(14)8-2-3-8)4-11(20)15(18)23-6-12(21)17-13(23)7-28-17/h4-5,8,12-13,17H,2-3,6-7,21H2,1H3,(H,25,26). The van der Waals surface area contributed by atoms with Gasteiger partial charge in [0, 0.05) is 18.8 Å². The van der Waals surface area contributed by atoms with E-state index in [4.69, 9.17) is 15.2 Å². The quantitative estimate of drug-likeness (QED) is 0.806. The number of nitrogens with two attached hydrogens (primary N) is 1. The number of methoxy groups -OCH3 is 1. The topological polar surface area (TPSA) is 107 Å². The molecule has 28 heavy (non-hydrogen) atoms. The van der Waals surface area contributed by atoms with Crippen LogP contribution in [0.15, 0.2) is 17.1 Å². The van der Waals surface area contributed by atoms with Crippen molar-refractivity contribution in [2.24, 2.45) is 5.73 Å². The molecule has 8 nitrogen and oxygen atoms in total. The molecule has 148 valence electrons. The van der Waals surface area contributed by atoms with Crippen LogP contribution in [0.2, 0.25) is 0 Å². The second kappa shape index (κ2) is 5.92. The lowest BCUT2D eigenvalue weighted by atomic mass is 10.0. The minimum absolute atomic E-state index is 0.00908. The lowest BCUT2D eigenvalue weighted by Crippen LogP contribution is -2.53. The molecule has 5 rings (SSSR count). The Morgan fingerprint density at radius 3 is 2.71 bits per heavy atom. The highest BCUT2D eigenvalue weighted by Crippen LogP contribution is 2.46. The van der Waals surface area contributed by atoms with E-state index in [1.807, 2.05) is 4.90 Å². The Bertz CT molecular complexity index is 1060. The number of carboxylic acid groups (broad SMARTS) is 1. The molecule has 2 saturated heterocycles. The summed E-state index contributed by atoms with van der Waals surface area (Å²) in [5.41, 5.74) is 5.70. The zero-order valence-corrected chi connectivity index (χ0v) is 15.2. The first kappa shape index (κ1) is 17.4. The number of ether oxygens (including phenoxy) is 2. The zero-order chi connectivity index (χ0) is 19.7. The number of hydrogen-bond donors (Lipinski definition) is 2. The average molecular weight is 389 g/mol. The molecule has 3 unspecified atom stereocenters. The summed E-state index contributed by atoms with van der Waals surface area (Å²) in [5.74, 6) is -1.73. The van der Waals surface area contributed by atoms with Crippen molar-refractivity contribution in [3.05, 3.63) is 33.9 Å². The summed E-state index contributed by atoms with van der Waals surface area (Å²) >= 11 is 0. The van der Waals surface area contributed by atoms with Gasteiger partial charge >= 0.3 is 5.97 Å². The van der Waals surface area contributed by atoms with Crippen LogP contribution < -0.4 is 20.8 Å². The van der Waals surface area contributed by atoms with E-state index in [-0.39, 0.29) is 46.6 Å². The Kier molecular flexibility index (Phi) is 3.69. The summed E-state index contributed by atoms with van der Waals surface area (Å²) in [4.78, 5) is 26.1. The molecule has 0 spiro atoms. The minimum Gasteiger partial charge on any atom is -0.492 e. The number of fused-ring (bicyclic) bond motifs is 2. The molecule has 2 aliphatic heterocycles. The van der Waals surface area contributed by atoms with Crippen molar-refractivity contribution in [1.29, 1.82) is 0 Å². The van der Waals surface area contributed by atoms with Crippen molar-refractivity contribution >= 4 is 22.6 Å². The SMILES string of the molecule is COc1c(N2CC(N)C3OCC32)c(F)cc2c(=O)c(C(=O)O)cn(C3CC3)c12. The van der Waals surface area contributed by atoms with Gasteiger partial charge in [0.1, 0.15) is 11.3 Å². The Labute approximate surface area is 159 Å². The monoisotopic (exact) mass is 389 g/mol. The van der Waals surface area contributed by atoms with Gasteiger partial charge in [-0.05, 0) is 18.9 Å². The van der Waals surface area contributed by atoms with Crippen molar-refractivity contribution in [1.82, 2.24) is 4.57 Å². The van der Waals surface area contributed by atoms with Gasteiger partial charge in [-0.3, -0.25) is 4.79 Å². The van der Waals surface area contributed by atoms with E-state index in [0.717, 1.165) is 18.9 Å². The molecule has 1 aromatic carbocycles. The molecule has 2 aromatic rings. The van der Waals surface area contributed by atoms with Crippen LogP contribution in [0.3, 0.4) is 0 Å². The lowest BCUT2D eigenvalue weighted by molar-refractivity contribution is -0.0629. The second-order valence-electron chi connectivity index (χ2n) is 7.63. The Balaban J connectivity index is 1.81. The van der Waals surface area contributed by atoms with Gasteiger partial charge in [0.05, 0.1) is 42.8 Å². The van der Waals surface area contributed by atoms with E-state index in [1.165, 1.54) is 13.3 Å². The maximum Gasteiger partial charge on any atom is 0.341 e. The molecule has 3 atom stereocenters. The first-order chi connectivity index (χ1) is 13.4. The Morgan fingerprint density at radius 1 is 1.43 bits per heavy atom. The number of hydrogen-bond acceptors (Lipinski definition) is 6. The van der Waals surface area contributed by atoms with Crippen molar-refractivity contribution in [2.45, 2.75) is 37.1 Å².